The van der Waals surface area contributed by atoms with Crippen molar-refractivity contribution in [2.75, 3.05) is 19.8 Å². The van der Waals surface area contributed by atoms with Gasteiger partial charge in [-0.25, -0.2) is 0 Å². The maximum Gasteiger partial charge on any atom is 0.161 e. The molecule has 3 rings (SSSR count). The summed E-state index contributed by atoms with van der Waals surface area (Å²) in [5.74, 6) is 2.63. The number of nitrogens with one attached hydrogen (secondary N) is 1. The zero-order valence-corrected chi connectivity index (χ0v) is 11.5. The van der Waals surface area contributed by atoms with Crippen LogP contribution in [0.5, 0.6) is 11.5 Å². The number of ether oxygens (including phenoxy) is 2. The third kappa shape index (κ3) is 2.91. The highest BCUT2D eigenvalue weighted by Gasteiger charge is 2.11. The molecule has 0 aliphatic carbocycles. The van der Waals surface area contributed by atoms with Crippen LogP contribution in [0.25, 0.3) is 0 Å². The number of hydrogen-bond donors (Lipinski definition) is 1. The minimum Gasteiger partial charge on any atom is -0.486 e. The lowest BCUT2D eigenvalue weighted by molar-refractivity contribution is 0.171. The lowest BCUT2D eigenvalue weighted by Gasteiger charge is -2.18. The molecule has 6 nitrogen and oxygen atoms in total. The third-order valence-electron chi connectivity index (χ3n) is 3.29. The first-order chi connectivity index (χ1) is 9.83. The van der Waals surface area contributed by atoms with E-state index in [1.165, 1.54) is 5.56 Å². The van der Waals surface area contributed by atoms with Crippen LogP contribution in [0.3, 0.4) is 0 Å². The number of nitrogens with zero attached hydrogens (tertiary/aromatic N) is 3. The Morgan fingerprint density at radius 2 is 2.10 bits per heavy atom. The highest BCUT2D eigenvalue weighted by Crippen LogP contribution is 2.30. The second kappa shape index (κ2) is 5.92. The van der Waals surface area contributed by atoms with Gasteiger partial charge in [-0.1, -0.05) is 6.07 Å². The fourth-order valence-corrected chi connectivity index (χ4v) is 2.14. The molecule has 1 aliphatic heterocycles. The normalized spacial score (nSPS) is 13.4. The van der Waals surface area contributed by atoms with Gasteiger partial charge in [-0.05, 0) is 30.7 Å². The van der Waals surface area contributed by atoms with Crippen LogP contribution < -0.4 is 14.8 Å². The van der Waals surface area contributed by atoms with Crippen molar-refractivity contribution in [3.8, 4) is 11.5 Å². The Labute approximate surface area is 117 Å². The molecule has 0 saturated carbocycles. The van der Waals surface area contributed by atoms with E-state index in [0.717, 1.165) is 36.8 Å². The number of benzene rings is 1. The van der Waals surface area contributed by atoms with E-state index in [-0.39, 0.29) is 0 Å². The summed E-state index contributed by atoms with van der Waals surface area (Å²) in [7, 11) is 1.94. The average Bonchev–Trinajstić information content (AvgIpc) is 2.89. The van der Waals surface area contributed by atoms with Crippen molar-refractivity contribution in [3.05, 3.63) is 35.9 Å². The van der Waals surface area contributed by atoms with Crippen molar-refractivity contribution < 1.29 is 9.47 Å². The van der Waals surface area contributed by atoms with Crippen LogP contribution in [0.1, 0.15) is 11.4 Å². The maximum atomic E-state index is 5.58. The van der Waals surface area contributed by atoms with Gasteiger partial charge >= 0.3 is 0 Å². The first-order valence-electron chi connectivity index (χ1n) is 6.75. The van der Waals surface area contributed by atoms with E-state index in [9.17, 15) is 0 Å². The number of aromatic nitrogens is 3. The Morgan fingerprint density at radius 3 is 2.90 bits per heavy atom. The second-order valence-corrected chi connectivity index (χ2v) is 4.76. The fourth-order valence-electron chi connectivity index (χ4n) is 2.14. The van der Waals surface area contributed by atoms with Gasteiger partial charge in [0.15, 0.2) is 11.5 Å². The highest BCUT2D eigenvalue weighted by molar-refractivity contribution is 5.43. The maximum absolute atomic E-state index is 5.58. The van der Waals surface area contributed by atoms with Gasteiger partial charge in [-0.15, -0.1) is 10.2 Å². The minimum atomic E-state index is 0.626. The average molecular weight is 274 g/mol. The predicted molar refractivity (Wildman–Crippen MR) is 73.8 cm³/mol. The van der Waals surface area contributed by atoms with Crippen LogP contribution in [0, 0.1) is 0 Å². The van der Waals surface area contributed by atoms with Gasteiger partial charge in [0.25, 0.3) is 0 Å². The molecule has 0 fully saturated rings. The zero-order chi connectivity index (χ0) is 13.8. The summed E-state index contributed by atoms with van der Waals surface area (Å²) in [6.07, 6.45) is 2.65. The summed E-state index contributed by atoms with van der Waals surface area (Å²) in [4.78, 5) is 0. The molecule has 106 valence electrons. The molecule has 0 atom stereocenters. The smallest absolute Gasteiger partial charge is 0.161 e. The van der Waals surface area contributed by atoms with Crippen LogP contribution >= 0.6 is 0 Å². The Balaban J connectivity index is 1.50. The summed E-state index contributed by atoms with van der Waals surface area (Å²) in [6.45, 7) is 2.86. The fraction of sp³-hybridized carbons (Fsp3) is 0.429. The molecule has 0 bridgehead atoms. The molecular formula is C14H18N4O2. The third-order valence-corrected chi connectivity index (χ3v) is 3.29. The summed E-state index contributed by atoms with van der Waals surface area (Å²) in [6, 6.07) is 6.11. The zero-order valence-electron chi connectivity index (χ0n) is 11.5. The summed E-state index contributed by atoms with van der Waals surface area (Å²) >= 11 is 0. The van der Waals surface area contributed by atoms with Crippen molar-refractivity contribution in [2.24, 2.45) is 7.05 Å². The van der Waals surface area contributed by atoms with E-state index in [2.05, 4.69) is 27.6 Å². The topological polar surface area (TPSA) is 61.2 Å². The SMILES string of the molecule is Cn1cnnc1CNCCc1ccc2c(c1)OCCO2. The lowest BCUT2D eigenvalue weighted by atomic mass is 10.1. The summed E-state index contributed by atoms with van der Waals surface area (Å²) in [5.41, 5.74) is 1.24. The van der Waals surface area contributed by atoms with E-state index < -0.39 is 0 Å². The van der Waals surface area contributed by atoms with E-state index >= 15 is 0 Å². The lowest BCUT2D eigenvalue weighted by Crippen LogP contribution is -2.19. The Kier molecular flexibility index (Phi) is 3.83. The van der Waals surface area contributed by atoms with Gasteiger partial charge in [0, 0.05) is 7.05 Å². The molecule has 0 unspecified atom stereocenters. The van der Waals surface area contributed by atoms with Gasteiger partial charge < -0.3 is 19.4 Å². The van der Waals surface area contributed by atoms with Crippen molar-refractivity contribution in [1.29, 1.82) is 0 Å². The van der Waals surface area contributed by atoms with E-state index in [0.29, 0.717) is 13.2 Å². The summed E-state index contributed by atoms with van der Waals surface area (Å²) < 4.78 is 13.0. The molecule has 2 aromatic rings. The molecule has 6 heteroatoms. The van der Waals surface area contributed by atoms with Gasteiger partial charge in [0.2, 0.25) is 0 Å². The van der Waals surface area contributed by atoms with Crippen molar-refractivity contribution in [2.45, 2.75) is 13.0 Å². The van der Waals surface area contributed by atoms with E-state index in [1.54, 1.807) is 6.33 Å². The number of fused-ring (bicyclic) bond motifs is 1. The standard InChI is InChI=1S/C14H18N4O2/c1-18-10-16-17-14(18)9-15-5-4-11-2-3-12-13(8-11)20-7-6-19-12/h2-3,8,10,15H,4-7,9H2,1H3. The quantitative estimate of drug-likeness (QED) is 0.822. The molecule has 1 aliphatic rings. The van der Waals surface area contributed by atoms with Crippen LogP contribution in [-0.2, 0) is 20.0 Å². The van der Waals surface area contributed by atoms with Gasteiger partial charge in [-0.3, -0.25) is 0 Å². The van der Waals surface area contributed by atoms with Crippen LogP contribution in [0.4, 0.5) is 0 Å². The monoisotopic (exact) mass is 274 g/mol. The molecule has 0 amide bonds. The van der Waals surface area contributed by atoms with E-state index in [1.807, 2.05) is 17.7 Å². The molecule has 1 N–H and O–H groups in total. The highest BCUT2D eigenvalue weighted by atomic mass is 16.6. The molecule has 0 saturated heterocycles. The first kappa shape index (κ1) is 12.9. The Bertz CT molecular complexity index is 582. The number of rotatable bonds is 5. The molecule has 1 aromatic carbocycles. The van der Waals surface area contributed by atoms with Crippen LogP contribution in [-0.4, -0.2) is 34.5 Å². The Morgan fingerprint density at radius 1 is 1.25 bits per heavy atom. The van der Waals surface area contributed by atoms with Crippen molar-refractivity contribution in [3.63, 3.8) is 0 Å². The van der Waals surface area contributed by atoms with E-state index in [4.69, 9.17) is 9.47 Å². The van der Waals surface area contributed by atoms with Crippen molar-refractivity contribution >= 4 is 0 Å². The second-order valence-electron chi connectivity index (χ2n) is 4.76. The van der Waals surface area contributed by atoms with Crippen LogP contribution in [0.15, 0.2) is 24.5 Å². The van der Waals surface area contributed by atoms with Gasteiger partial charge in [0.05, 0.1) is 6.54 Å². The predicted octanol–water partition coefficient (Wildman–Crippen LogP) is 0.919. The Hall–Kier alpha value is -2.08. The largest absolute Gasteiger partial charge is 0.486 e. The van der Waals surface area contributed by atoms with Gasteiger partial charge in [-0.2, -0.15) is 0 Å². The minimum absolute atomic E-state index is 0.626. The number of hydrogen-bond acceptors (Lipinski definition) is 5. The molecule has 1 aromatic heterocycles. The van der Waals surface area contributed by atoms with Crippen molar-refractivity contribution in [1.82, 2.24) is 20.1 Å². The van der Waals surface area contributed by atoms with Gasteiger partial charge in [0.1, 0.15) is 25.4 Å². The molecule has 20 heavy (non-hydrogen) atoms. The molecule has 2 heterocycles. The number of aryl methyl sites for hydroxylation is 1. The molecular weight excluding hydrogens is 256 g/mol. The van der Waals surface area contributed by atoms with Crippen LogP contribution in [0.2, 0.25) is 0 Å². The first-order valence-corrected chi connectivity index (χ1v) is 6.75. The molecule has 0 radical (unpaired) electrons. The summed E-state index contributed by atoms with van der Waals surface area (Å²) in [5, 5.41) is 11.2. The molecule has 0 spiro atoms.